The molecule has 0 radical (unpaired) electrons. The summed E-state index contributed by atoms with van der Waals surface area (Å²) in [5.74, 6) is 0. The molecule has 0 amide bonds. The molecule has 222 valence electrons. The molecule has 2 heteroatoms. The van der Waals surface area contributed by atoms with Crippen molar-refractivity contribution in [3.8, 4) is 33.5 Å². The van der Waals surface area contributed by atoms with Crippen molar-refractivity contribution in [2.45, 2.75) is 0 Å². The van der Waals surface area contributed by atoms with Crippen LogP contribution in [0.2, 0.25) is 0 Å². The van der Waals surface area contributed by atoms with Gasteiger partial charge in [0.15, 0.2) is 0 Å². The molecule has 0 N–H and O–H groups in total. The molecule has 10 aromatic rings. The van der Waals surface area contributed by atoms with Crippen molar-refractivity contribution in [2.75, 3.05) is 0 Å². The maximum absolute atomic E-state index is 5.19. The van der Waals surface area contributed by atoms with Gasteiger partial charge < -0.3 is 0 Å². The second-order valence-electron chi connectivity index (χ2n) is 12.5. The first-order valence-corrected chi connectivity index (χ1v) is 16.4. The topological polar surface area (TPSA) is 25.8 Å². The Bertz CT molecular complexity index is 2810. The molecule has 48 heavy (non-hydrogen) atoms. The minimum atomic E-state index is 0.905. The Hall–Kier alpha value is -6.38. The van der Waals surface area contributed by atoms with E-state index in [1.165, 1.54) is 60.0 Å². The quantitative estimate of drug-likeness (QED) is 0.147. The summed E-state index contributed by atoms with van der Waals surface area (Å²) in [6, 6.07) is 58.9. The van der Waals surface area contributed by atoms with Gasteiger partial charge in [0, 0.05) is 27.9 Å². The zero-order valence-electron chi connectivity index (χ0n) is 26.1. The summed E-state index contributed by atoms with van der Waals surface area (Å²) in [4.78, 5) is 10.2. The Morgan fingerprint density at radius 1 is 0.354 bits per heavy atom. The summed E-state index contributed by atoms with van der Waals surface area (Å²) < 4.78 is 0. The van der Waals surface area contributed by atoms with Crippen LogP contribution in [-0.2, 0) is 0 Å². The first-order chi connectivity index (χ1) is 23.8. The molecule has 0 unspecified atom stereocenters. The fraction of sp³-hybridized carbons (Fsp3) is 0. The summed E-state index contributed by atoms with van der Waals surface area (Å²) in [5.41, 5.74) is 8.83. The summed E-state index contributed by atoms with van der Waals surface area (Å²) >= 11 is 0. The van der Waals surface area contributed by atoms with Crippen molar-refractivity contribution in [1.29, 1.82) is 0 Å². The largest absolute Gasteiger partial charge is 0.253 e. The molecule has 8 aromatic carbocycles. The van der Waals surface area contributed by atoms with E-state index in [2.05, 4.69) is 164 Å². The van der Waals surface area contributed by atoms with Gasteiger partial charge in [-0.15, -0.1) is 0 Å². The first-order valence-electron chi connectivity index (χ1n) is 16.4. The van der Waals surface area contributed by atoms with Gasteiger partial charge in [-0.05, 0) is 66.0 Å². The molecule has 2 nitrogen and oxygen atoms in total. The number of pyridine rings is 2. The van der Waals surface area contributed by atoms with E-state index >= 15 is 0 Å². The van der Waals surface area contributed by atoms with Crippen molar-refractivity contribution < 1.29 is 0 Å². The molecule has 0 atom stereocenters. The number of hydrogen-bond donors (Lipinski definition) is 0. The molecule has 0 fully saturated rings. The van der Waals surface area contributed by atoms with Crippen LogP contribution >= 0.6 is 0 Å². The minimum absolute atomic E-state index is 0.905. The van der Waals surface area contributed by atoms with Crippen LogP contribution in [0.5, 0.6) is 0 Å². The monoisotopic (exact) mass is 608 g/mol. The zero-order valence-corrected chi connectivity index (χ0v) is 26.1. The molecule has 10 rings (SSSR count). The smallest absolute Gasteiger partial charge is 0.0978 e. The maximum atomic E-state index is 5.19. The van der Waals surface area contributed by atoms with E-state index in [-0.39, 0.29) is 0 Å². The molecule has 0 aliphatic heterocycles. The van der Waals surface area contributed by atoms with Gasteiger partial charge in [-0.25, -0.2) is 4.98 Å². The van der Waals surface area contributed by atoms with Crippen LogP contribution in [0.25, 0.3) is 98.4 Å². The van der Waals surface area contributed by atoms with Gasteiger partial charge in [-0.1, -0.05) is 158 Å². The molecular weight excluding hydrogens is 581 g/mol. The number of hydrogen-bond acceptors (Lipinski definition) is 2. The molecule has 0 saturated heterocycles. The number of fused-ring (bicyclic) bond motifs is 8. The fourth-order valence-electron chi connectivity index (χ4n) is 7.74. The van der Waals surface area contributed by atoms with Gasteiger partial charge in [0.1, 0.15) is 0 Å². The van der Waals surface area contributed by atoms with Gasteiger partial charge in [0.2, 0.25) is 0 Å². The molecule has 0 saturated carbocycles. The number of para-hydroxylation sites is 1. The van der Waals surface area contributed by atoms with Crippen molar-refractivity contribution in [3.63, 3.8) is 0 Å². The zero-order chi connectivity index (χ0) is 31.6. The van der Waals surface area contributed by atoms with E-state index in [1.807, 2.05) is 6.20 Å². The first kappa shape index (κ1) is 26.8. The highest BCUT2D eigenvalue weighted by Gasteiger charge is 2.19. The summed E-state index contributed by atoms with van der Waals surface area (Å²) in [6.07, 6.45) is 1.97. The molecule has 2 aromatic heterocycles. The normalized spacial score (nSPS) is 11.8. The molecule has 0 aliphatic carbocycles. The van der Waals surface area contributed by atoms with Crippen LogP contribution < -0.4 is 0 Å². The van der Waals surface area contributed by atoms with Gasteiger partial charge in [-0.3, -0.25) is 4.98 Å². The van der Waals surface area contributed by atoms with E-state index < -0.39 is 0 Å². The molecule has 0 bridgehead atoms. The lowest BCUT2D eigenvalue weighted by Crippen LogP contribution is -1.94. The van der Waals surface area contributed by atoms with Crippen molar-refractivity contribution >= 4 is 64.9 Å². The van der Waals surface area contributed by atoms with E-state index in [9.17, 15) is 0 Å². The minimum Gasteiger partial charge on any atom is -0.253 e. The van der Waals surface area contributed by atoms with Crippen LogP contribution in [-0.4, -0.2) is 9.97 Å². The van der Waals surface area contributed by atoms with Crippen LogP contribution in [0, 0.1) is 0 Å². The Morgan fingerprint density at radius 3 is 1.58 bits per heavy atom. The Kier molecular flexibility index (Phi) is 5.91. The predicted molar refractivity (Wildman–Crippen MR) is 203 cm³/mol. The van der Waals surface area contributed by atoms with E-state index in [0.717, 1.165) is 38.4 Å². The number of nitrogens with zero attached hydrogens (tertiary/aromatic N) is 2. The maximum Gasteiger partial charge on any atom is 0.0978 e. The van der Waals surface area contributed by atoms with Gasteiger partial charge in [-0.2, -0.15) is 0 Å². The van der Waals surface area contributed by atoms with Crippen LogP contribution in [0.3, 0.4) is 0 Å². The number of rotatable bonds is 3. The highest BCUT2D eigenvalue weighted by Crippen LogP contribution is 2.45. The molecule has 0 spiro atoms. The molecular formula is C46H28N2. The van der Waals surface area contributed by atoms with E-state index in [0.29, 0.717) is 0 Å². The lowest BCUT2D eigenvalue weighted by molar-refractivity contribution is 1.37. The number of benzene rings is 8. The SMILES string of the molecule is c1ccc2c(-c3c4ccccc4c(-c4ccc(-c5nc6ccccc6c6c5ncc5ccccc56)cc4)c4ccccc34)cccc2c1. The van der Waals surface area contributed by atoms with E-state index in [4.69, 9.17) is 9.97 Å². The van der Waals surface area contributed by atoms with Crippen LogP contribution in [0.15, 0.2) is 170 Å². The van der Waals surface area contributed by atoms with Crippen molar-refractivity contribution in [1.82, 2.24) is 9.97 Å². The highest BCUT2D eigenvalue weighted by molar-refractivity contribution is 6.24. The number of aromatic nitrogens is 2. The Balaban J connectivity index is 1.21. The van der Waals surface area contributed by atoms with Crippen LogP contribution in [0.4, 0.5) is 0 Å². The summed E-state index contributed by atoms with van der Waals surface area (Å²) in [5, 5.41) is 12.1. The van der Waals surface area contributed by atoms with Crippen LogP contribution in [0.1, 0.15) is 0 Å². The lowest BCUT2D eigenvalue weighted by Gasteiger charge is -2.19. The Labute approximate surface area is 277 Å². The average molecular weight is 609 g/mol. The second kappa shape index (κ2) is 10.6. The molecule has 0 aliphatic rings. The van der Waals surface area contributed by atoms with Gasteiger partial charge in [0.05, 0.1) is 16.7 Å². The third-order valence-corrected chi connectivity index (χ3v) is 9.87. The second-order valence-corrected chi connectivity index (χ2v) is 12.5. The van der Waals surface area contributed by atoms with Gasteiger partial charge in [0.25, 0.3) is 0 Å². The fourth-order valence-corrected chi connectivity index (χ4v) is 7.74. The van der Waals surface area contributed by atoms with Crippen molar-refractivity contribution in [3.05, 3.63) is 170 Å². The third-order valence-electron chi connectivity index (χ3n) is 9.87. The lowest BCUT2D eigenvalue weighted by atomic mass is 9.84. The Morgan fingerprint density at radius 2 is 0.875 bits per heavy atom. The summed E-state index contributed by atoms with van der Waals surface area (Å²) in [7, 11) is 0. The predicted octanol–water partition coefficient (Wildman–Crippen LogP) is 12.4. The average Bonchev–Trinajstić information content (AvgIpc) is 3.16. The van der Waals surface area contributed by atoms with E-state index in [1.54, 1.807) is 0 Å². The standard InChI is InChI=1S/C46H28N2/c1-3-15-33-29(12-1)14-11-22-35(33)43-38-19-7-5-17-36(38)42(37-18-6-8-20-39(37)43)30-24-26-31(27-25-30)45-46-44(40-21-9-10-23-41(40)48-45)34-16-4-2-13-32(34)28-47-46/h1-28H. The molecule has 2 heterocycles. The van der Waals surface area contributed by atoms with Gasteiger partial charge >= 0.3 is 0 Å². The summed E-state index contributed by atoms with van der Waals surface area (Å²) in [6.45, 7) is 0. The highest BCUT2D eigenvalue weighted by atomic mass is 14.8. The third kappa shape index (κ3) is 4.00. The van der Waals surface area contributed by atoms with Crippen molar-refractivity contribution in [2.24, 2.45) is 0 Å².